The summed E-state index contributed by atoms with van der Waals surface area (Å²) in [6.07, 6.45) is 5.35. The van der Waals surface area contributed by atoms with Gasteiger partial charge in [0.05, 0.1) is 6.04 Å². The van der Waals surface area contributed by atoms with Gasteiger partial charge in [0, 0.05) is 31.5 Å². The van der Waals surface area contributed by atoms with Gasteiger partial charge in [-0.2, -0.15) is 0 Å². The van der Waals surface area contributed by atoms with E-state index in [9.17, 15) is 0 Å². The number of hydrogen-bond donors (Lipinski definition) is 1. The van der Waals surface area contributed by atoms with Crippen LogP contribution >= 0.6 is 0 Å². The Morgan fingerprint density at radius 3 is 2.57 bits per heavy atom. The largest absolute Gasteiger partial charge is 0.322 e. The molecule has 1 unspecified atom stereocenters. The van der Waals surface area contributed by atoms with Crippen LogP contribution in [0.1, 0.15) is 20.3 Å². The lowest BCUT2D eigenvalue weighted by molar-refractivity contribution is 0.273. The molecule has 14 heavy (non-hydrogen) atoms. The maximum atomic E-state index is 3.48. The molecule has 1 aromatic heterocycles. The van der Waals surface area contributed by atoms with E-state index in [0.717, 1.165) is 6.54 Å². The van der Waals surface area contributed by atoms with Gasteiger partial charge in [-0.25, -0.2) is 0 Å². The molecule has 1 aliphatic rings. The summed E-state index contributed by atoms with van der Waals surface area (Å²) in [6, 6.07) is 5.36. The van der Waals surface area contributed by atoms with Crippen LogP contribution in [0.5, 0.6) is 0 Å². The van der Waals surface area contributed by atoms with E-state index in [4.69, 9.17) is 0 Å². The molecule has 2 heterocycles. The molecule has 0 amide bonds. The van der Waals surface area contributed by atoms with Crippen LogP contribution in [0.3, 0.4) is 0 Å². The molecule has 1 aliphatic heterocycles. The van der Waals surface area contributed by atoms with Gasteiger partial charge in [-0.05, 0) is 32.4 Å². The minimum absolute atomic E-state index is 0.602. The molecule has 3 nitrogen and oxygen atoms in total. The third kappa shape index (κ3) is 2.10. The number of nitrogens with one attached hydrogen (secondary N) is 1. The van der Waals surface area contributed by atoms with E-state index in [-0.39, 0.29) is 0 Å². The minimum Gasteiger partial charge on any atom is -0.322 e. The van der Waals surface area contributed by atoms with E-state index in [1.54, 1.807) is 0 Å². The highest BCUT2D eigenvalue weighted by molar-refractivity contribution is 4.98. The average molecular weight is 193 g/mol. The van der Waals surface area contributed by atoms with Crippen LogP contribution < -0.4 is 5.43 Å². The molecular weight excluding hydrogens is 174 g/mol. The predicted octanol–water partition coefficient (Wildman–Crippen LogP) is 1.51. The zero-order valence-electron chi connectivity index (χ0n) is 8.98. The van der Waals surface area contributed by atoms with Crippen LogP contribution in [0.2, 0.25) is 0 Å². The molecule has 1 atom stereocenters. The molecule has 0 aromatic carbocycles. The normalized spacial score (nSPS) is 23.2. The van der Waals surface area contributed by atoms with Crippen molar-refractivity contribution in [2.75, 3.05) is 18.5 Å². The summed E-state index contributed by atoms with van der Waals surface area (Å²) in [5.41, 5.74) is 3.48. The van der Waals surface area contributed by atoms with Crippen molar-refractivity contribution in [3.8, 4) is 0 Å². The Bertz CT molecular complexity index is 266. The van der Waals surface area contributed by atoms with E-state index in [1.807, 2.05) is 12.1 Å². The van der Waals surface area contributed by atoms with Crippen LogP contribution in [0.25, 0.3) is 0 Å². The molecule has 78 valence electrons. The molecule has 0 radical (unpaired) electrons. The second-order valence-electron chi connectivity index (χ2n) is 4.29. The smallest absolute Gasteiger partial charge is 0.0563 e. The second-order valence-corrected chi connectivity index (χ2v) is 4.29. The molecular formula is C11H19N3. The van der Waals surface area contributed by atoms with Gasteiger partial charge in [-0.1, -0.05) is 0 Å². The monoisotopic (exact) mass is 193 g/mol. The summed E-state index contributed by atoms with van der Waals surface area (Å²) in [5, 5.41) is 0. The maximum Gasteiger partial charge on any atom is 0.0563 e. The van der Waals surface area contributed by atoms with E-state index in [0.29, 0.717) is 12.1 Å². The molecule has 1 aromatic rings. The van der Waals surface area contributed by atoms with Gasteiger partial charge in [0.2, 0.25) is 0 Å². The van der Waals surface area contributed by atoms with E-state index in [2.05, 4.69) is 41.2 Å². The van der Waals surface area contributed by atoms with Gasteiger partial charge in [0.25, 0.3) is 0 Å². The van der Waals surface area contributed by atoms with Crippen molar-refractivity contribution in [2.45, 2.75) is 32.4 Å². The molecule has 1 fully saturated rings. The number of rotatable bonds is 3. The Morgan fingerprint density at radius 1 is 1.29 bits per heavy atom. The number of likely N-dealkylation sites (tertiary alicyclic amines) is 1. The maximum absolute atomic E-state index is 3.48. The van der Waals surface area contributed by atoms with Crippen molar-refractivity contribution in [1.29, 1.82) is 0 Å². The standard InChI is InChI=1S/C11H19N3/c1-10(2)13-8-5-11(9-13)12-14-6-3-4-7-14/h3-4,6-7,10-12H,5,8-9H2,1-2H3. The third-order valence-electron chi connectivity index (χ3n) is 2.89. The molecule has 1 saturated heterocycles. The molecule has 2 rings (SSSR count). The highest BCUT2D eigenvalue weighted by Crippen LogP contribution is 2.12. The van der Waals surface area contributed by atoms with E-state index < -0.39 is 0 Å². The first-order valence-corrected chi connectivity index (χ1v) is 5.39. The van der Waals surface area contributed by atoms with Crippen LogP contribution in [0, 0.1) is 0 Å². The molecule has 0 aliphatic carbocycles. The van der Waals surface area contributed by atoms with Gasteiger partial charge >= 0.3 is 0 Å². The molecule has 0 spiro atoms. The van der Waals surface area contributed by atoms with Crippen LogP contribution in [0.4, 0.5) is 0 Å². The minimum atomic E-state index is 0.602. The first-order chi connectivity index (χ1) is 6.75. The Labute approximate surface area is 85.7 Å². The number of hydrogen-bond acceptors (Lipinski definition) is 2. The summed E-state index contributed by atoms with van der Waals surface area (Å²) in [6.45, 7) is 6.91. The molecule has 0 saturated carbocycles. The van der Waals surface area contributed by atoms with E-state index >= 15 is 0 Å². The summed E-state index contributed by atoms with van der Waals surface area (Å²) >= 11 is 0. The summed E-state index contributed by atoms with van der Waals surface area (Å²) in [7, 11) is 0. The summed E-state index contributed by atoms with van der Waals surface area (Å²) in [4.78, 5) is 2.52. The van der Waals surface area contributed by atoms with Crippen molar-refractivity contribution in [1.82, 2.24) is 9.58 Å². The SMILES string of the molecule is CC(C)N1CCC(Nn2cccc2)C1. The van der Waals surface area contributed by atoms with Crippen molar-refractivity contribution < 1.29 is 0 Å². The van der Waals surface area contributed by atoms with E-state index in [1.165, 1.54) is 13.0 Å². The lowest BCUT2D eigenvalue weighted by Crippen LogP contribution is -2.33. The van der Waals surface area contributed by atoms with Crippen molar-refractivity contribution in [3.05, 3.63) is 24.5 Å². The Hall–Kier alpha value is -0.960. The van der Waals surface area contributed by atoms with Crippen molar-refractivity contribution in [3.63, 3.8) is 0 Å². The molecule has 1 N–H and O–H groups in total. The predicted molar refractivity (Wildman–Crippen MR) is 58.9 cm³/mol. The number of aromatic nitrogens is 1. The quantitative estimate of drug-likeness (QED) is 0.785. The summed E-state index contributed by atoms with van der Waals surface area (Å²) < 4.78 is 2.05. The lowest BCUT2D eigenvalue weighted by atomic mass is 10.3. The Kier molecular flexibility index (Phi) is 2.77. The molecule has 0 bridgehead atoms. The topological polar surface area (TPSA) is 20.2 Å². The van der Waals surface area contributed by atoms with Gasteiger partial charge in [0.1, 0.15) is 0 Å². The van der Waals surface area contributed by atoms with Gasteiger partial charge in [-0.3, -0.25) is 9.58 Å². The Balaban J connectivity index is 1.84. The fourth-order valence-electron chi connectivity index (χ4n) is 1.99. The first kappa shape index (κ1) is 9.59. The van der Waals surface area contributed by atoms with Crippen molar-refractivity contribution in [2.24, 2.45) is 0 Å². The highest BCUT2D eigenvalue weighted by Gasteiger charge is 2.23. The Morgan fingerprint density at radius 2 is 2.00 bits per heavy atom. The van der Waals surface area contributed by atoms with Gasteiger partial charge < -0.3 is 5.43 Å². The van der Waals surface area contributed by atoms with Crippen molar-refractivity contribution >= 4 is 0 Å². The van der Waals surface area contributed by atoms with Crippen LogP contribution in [-0.2, 0) is 0 Å². The highest BCUT2D eigenvalue weighted by atomic mass is 15.4. The summed E-state index contributed by atoms with van der Waals surface area (Å²) in [5.74, 6) is 0. The fourth-order valence-corrected chi connectivity index (χ4v) is 1.99. The average Bonchev–Trinajstić information content (AvgIpc) is 2.75. The van der Waals surface area contributed by atoms with Gasteiger partial charge in [0.15, 0.2) is 0 Å². The zero-order chi connectivity index (χ0) is 9.97. The lowest BCUT2D eigenvalue weighted by Gasteiger charge is -2.21. The molecule has 3 heteroatoms. The zero-order valence-corrected chi connectivity index (χ0v) is 8.98. The van der Waals surface area contributed by atoms with Crippen LogP contribution in [-0.4, -0.2) is 34.7 Å². The fraction of sp³-hybridized carbons (Fsp3) is 0.636. The second kappa shape index (κ2) is 4.05. The third-order valence-corrected chi connectivity index (χ3v) is 2.89. The van der Waals surface area contributed by atoms with Crippen LogP contribution in [0.15, 0.2) is 24.5 Å². The van der Waals surface area contributed by atoms with Gasteiger partial charge in [-0.15, -0.1) is 0 Å². The number of nitrogens with zero attached hydrogens (tertiary/aromatic N) is 2. The first-order valence-electron chi connectivity index (χ1n) is 5.39.